The lowest BCUT2D eigenvalue weighted by Crippen LogP contribution is -2.42. The van der Waals surface area contributed by atoms with Gasteiger partial charge in [-0.15, -0.1) is 0 Å². The quantitative estimate of drug-likeness (QED) is 0.459. The van der Waals surface area contributed by atoms with Gasteiger partial charge < -0.3 is 15.8 Å². The van der Waals surface area contributed by atoms with E-state index >= 15 is 0 Å². The Balaban J connectivity index is 2.13. The lowest BCUT2D eigenvalue weighted by atomic mass is 10.3. The zero-order valence-corrected chi connectivity index (χ0v) is 4.89. The van der Waals surface area contributed by atoms with Crippen molar-refractivity contribution in [3.8, 4) is 0 Å². The molecule has 0 spiro atoms. The highest BCUT2D eigenvalue weighted by Gasteiger charge is 2.09. The van der Waals surface area contributed by atoms with E-state index in [1.54, 1.807) is 0 Å². The van der Waals surface area contributed by atoms with E-state index < -0.39 is 0 Å². The minimum absolute atomic E-state index is 0.253. The van der Waals surface area contributed by atoms with E-state index in [9.17, 15) is 0 Å². The average Bonchev–Trinajstić information content (AvgIpc) is 1.90. The van der Waals surface area contributed by atoms with Gasteiger partial charge in [0.1, 0.15) is 0 Å². The molecule has 0 aliphatic carbocycles. The highest BCUT2D eigenvalue weighted by molar-refractivity contribution is 4.66. The van der Waals surface area contributed by atoms with E-state index in [1.165, 1.54) is 0 Å². The average molecular weight is 116 g/mol. The van der Waals surface area contributed by atoms with Gasteiger partial charge >= 0.3 is 0 Å². The summed E-state index contributed by atoms with van der Waals surface area (Å²) in [5.74, 6) is 0. The molecule has 1 rings (SSSR count). The SMILES string of the molecule is NC[C@H]1CNCCO1. The van der Waals surface area contributed by atoms with Crippen molar-refractivity contribution in [2.24, 2.45) is 5.73 Å². The number of nitrogens with one attached hydrogen (secondary N) is 1. The predicted octanol–water partition coefficient (Wildman–Crippen LogP) is -1.07. The highest BCUT2D eigenvalue weighted by atomic mass is 16.5. The van der Waals surface area contributed by atoms with Gasteiger partial charge in [0.25, 0.3) is 0 Å². The monoisotopic (exact) mass is 116 g/mol. The second kappa shape index (κ2) is 3.02. The van der Waals surface area contributed by atoms with Gasteiger partial charge in [-0.2, -0.15) is 0 Å². The smallest absolute Gasteiger partial charge is 0.0822 e. The summed E-state index contributed by atoms with van der Waals surface area (Å²) < 4.78 is 5.24. The van der Waals surface area contributed by atoms with Crippen LogP contribution in [0.25, 0.3) is 0 Å². The Bertz CT molecular complexity index is 61.4. The van der Waals surface area contributed by atoms with Crippen molar-refractivity contribution in [2.75, 3.05) is 26.2 Å². The molecule has 0 saturated carbocycles. The van der Waals surface area contributed by atoms with Crippen molar-refractivity contribution in [1.82, 2.24) is 5.32 Å². The lowest BCUT2D eigenvalue weighted by Gasteiger charge is -2.21. The molecule has 0 bridgehead atoms. The van der Waals surface area contributed by atoms with Gasteiger partial charge in [0.15, 0.2) is 0 Å². The van der Waals surface area contributed by atoms with E-state index in [0.717, 1.165) is 19.7 Å². The molecule has 8 heavy (non-hydrogen) atoms. The van der Waals surface area contributed by atoms with Gasteiger partial charge in [0.2, 0.25) is 0 Å². The molecule has 1 heterocycles. The Hall–Kier alpha value is -0.120. The fourth-order valence-corrected chi connectivity index (χ4v) is 0.771. The first-order valence-corrected chi connectivity index (χ1v) is 2.96. The van der Waals surface area contributed by atoms with E-state index in [-0.39, 0.29) is 6.10 Å². The number of hydrogen-bond donors (Lipinski definition) is 2. The van der Waals surface area contributed by atoms with Crippen LogP contribution >= 0.6 is 0 Å². The number of nitrogens with two attached hydrogens (primary N) is 1. The molecule has 0 amide bonds. The van der Waals surface area contributed by atoms with E-state index in [1.807, 2.05) is 0 Å². The number of ether oxygens (including phenoxy) is 1. The summed E-state index contributed by atoms with van der Waals surface area (Å²) >= 11 is 0. The molecule has 0 aromatic carbocycles. The molecule has 0 aromatic rings. The van der Waals surface area contributed by atoms with Crippen LogP contribution in [0.3, 0.4) is 0 Å². The van der Waals surface area contributed by atoms with Crippen molar-refractivity contribution in [2.45, 2.75) is 6.10 Å². The summed E-state index contributed by atoms with van der Waals surface area (Å²) in [4.78, 5) is 0. The van der Waals surface area contributed by atoms with Crippen LogP contribution < -0.4 is 11.1 Å². The van der Waals surface area contributed by atoms with E-state index in [2.05, 4.69) is 5.32 Å². The summed E-state index contributed by atoms with van der Waals surface area (Å²) in [6.45, 7) is 3.32. The number of morpholine rings is 1. The Morgan fingerprint density at radius 1 is 1.75 bits per heavy atom. The third kappa shape index (κ3) is 1.43. The number of hydrogen-bond acceptors (Lipinski definition) is 3. The van der Waals surface area contributed by atoms with Gasteiger partial charge in [0, 0.05) is 19.6 Å². The van der Waals surface area contributed by atoms with Crippen LogP contribution in [-0.2, 0) is 4.74 Å². The summed E-state index contributed by atoms with van der Waals surface area (Å²) in [6.07, 6.45) is 0.253. The van der Waals surface area contributed by atoms with Gasteiger partial charge in [-0.3, -0.25) is 0 Å². The van der Waals surface area contributed by atoms with Crippen LogP contribution in [0, 0.1) is 0 Å². The molecule has 1 fully saturated rings. The second-order valence-corrected chi connectivity index (χ2v) is 1.93. The maximum atomic E-state index is 5.34. The minimum atomic E-state index is 0.253. The first-order chi connectivity index (χ1) is 3.93. The van der Waals surface area contributed by atoms with Crippen LogP contribution in [0.15, 0.2) is 0 Å². The van der Waals surface area contributed by atoms with Gasteiger partial charge in [-0.05, 0) is 0 Å². The summed E-state index contributed by atoms with van der Waals surface area (Å²) in [5, 5.41) is 3.18. The normalized spacial score (nSPS) is 30.4. The Kier molecular flexibility index (Phi) is 2.27. The van der Waals surface area contributed by atoms with Gasteiger partial charge in [0.05, 0.1) is 12.7 Å². The molecule has 0 radical (unpaired) electrons. The first-order valence-electron chi connectivity index (χ1n) is 2.96. The molecule has 1 aliphatic rings. The first kappa shape index (κ1) is 6.01. The maximum Gasteiger partial charge on any atom is 0.0822 e. The molecule has 3 N–H and O–H groups in total. The molecule has 1 atom stereocenters. The molecular formula is C5H12N2O. The molecule has 1 saturated heterocycles. The summed E-state index contributed by atoms with van der Waals surface area (Å²) in [7, 11) is 0. The van der Waals surface area contributed by atoms with Crippen LogP contribution in [0.1, 0.15) is 0 Å². The molecule has 3 heteroatoms. The van der Waals surface area contributed by atoms with Crippen LogP contribution in [0.5, 0.6) is 0 Å². The van der Waals surface area contributed by atoms with Crippen molar-refractivity contribution < 1.29 is 4.74 Å². The molecule has 48 valence electrons. The Morgan fingerprint density at radius 3 is 3.00 bits per heavy atom. The third-order valence-electron chi connectivity index (χ3n) is 1.27. The van der Waals surface area contributed by atoms with Crippen LogP contribution in [0.2, 0.25) is 0 Å². The molecule has 0 unspecified atom stereocenters. The zero-order valence-electron chi connectivity index (χ0n) is 4.89. The topological polar surface area (TPSA) is 47.3 Å². The molecule has 0 aromatic heterocycles. The van der Waals surface area contributed by atoms with Gasteiger partial charge in [-0.1, -0.05) is 0 Å². The van der Waals surface area contributed by atoms with Crippen LogP contribution in [-0.4, -0.2) is 32.3 Å². The second-order valence-electron chi connectivity index (χ2n) is 1.93. The number of rotatable bonds is 1. The van der Waals surface area contributed by atoms with E-state index in [4.69, 9.17) is 10.5 Å². The van der Waals surface area contributed by atoms with E-state index in [0.29, 0.717) is 6.54 Å². The summed E-state index contributed by atoms with van der Waals surface area (Å²) in [6, 6.07) is 0. The Labute approximate surface area is 49.2 Å². The standard InChI is InChI=1S/C5H12N2O/c6-3-5-4-7-1-2-8-5/h5,7H,1-4,6H2/t5-/m0/s1. The molecule has 3 nitrogen and oxygen atoms in total. The molecule has 1 aliphatic heterocycles. The summed E-state index contributed by atoms with van der Waals surface area (Å²) in [5.41, 5.74) is 5.34. The van der Waals surface area contributed by atoms with Gasteiger partial charge in [-0.25, -0.2) is 0 Å². The zero-order chi connectivity index (χ0) is 5.82. The fraction of sp³-hybridized carbons (Fsp3) is 1.00. The van der Waals surface area contributed by atoms with Crippen molar-refractivity contribution in [3.05, 3.63) is 0 Å². The predicted molar refractivity (Wildman–Crippen MR) is 31.7 cm³/mol. The minimum Gasteiger partial charge on any atom is -0.374 e. The fourth-order valence-electron chi connectivity index (χ4n) is 0.771. The maximum absolute atomic E-state index is 5.34. The van der Waals surface area contributed by atoms with Crippen molar-refractivity contribution >= 4 is 0 Å². The third-order valence-corrected chi connectivity index (χ3v) is 1.27. The Morgan fingerprint density at radius 2 is 2.62 bits per heavy atom. The lowest BCUT2D eigenvalue weighted by molar-refractivity contribution is 0.0346. The van der Waals surface area contributed by atoms with Crippen molar-refractivity contribution in [1.29, 1.82) is 0 Å². The van der Waals surface area contributed by atoms with Crippen molar-refractivity contribution in [3.63, 3.8) is 0 Å². The molecular weight excluding hydrogens is 104 g/mol. The highest BCUT2D eigenvalue weighted by Crippen LogP contribution is 1.91. The largest absolute Gasteiger partial charge is 0.374 e. The van der Waals surface area contributed by atoms with Crippen LogP contribution in [0.4, 0.5) is 0 Å².